The molecular formula is C26H26N2O3. The number of carboxylic acids is 1. The van der Waals surface area contributed by atoms with E-state index in [1.807, 2.05) is 59.5 Å². The molecule has 4 rings (SSSR count). The Morgan fingerprint density at radius 1 is 0.935 bits per heavy atom. The van der Waals surface area contributed by atoms with E-state index in [4.69, 9.17) is 0 Å². The average molecular weight is 415 g/mol. The molecule has 5 nitrogen and oxygen atoms in total. The van der Waals surface area contributed by atoms with Crippen molar-refractivity contribution in [3.05, 3.63) is 102 Å². The van der Waals surface area contributed by atoms with E-state index in [0.29, 0.717) is 5.92 Å². The van der Waals surface area contributed by atoms with Gasteiger partial charge in [0.25, 0.3) is 0 Å². The predicted octanol–water partition coefficient (Wildman–Crippen LogP) is 3.84. The zero-order valence-electron chi connectivity index (χ0n) is 17.3. The summed E-state index contributed by atoms with van der Waals surface area (Å²) in [5.74, 6) is -1.02. The monoisotopic (exact) mass is 414 g/mol. The van der Waals surface area contributed by atoms with Crippen molar-refractivity contribution in [3.8, 4) is 0 Å². The lowest BCUT2D eigenvalue weighted by molar-refractivity contribution is -0.141. The van der Waals surface area contributed by atoms with Crippen molar-refractivity contribution in [2.45, 2.75) is 24.8 Å². The van der Waals surface area contributed by atoms with Crippen molar-refractivity contribution in [1.82, 2.24) is 5.32 Å². The number of aliphatic carboxylic acids is 1. The van der Waals surface area contributed by atoms with Gasteiger partial charge in [0.2, 0.25) is 5.91 Å². The lowest BCUT2D eigenvalue weighted by Crippen LogP contribution is -2.47. The summed E-state index contributed by atoms with van der Waals surface area (Å²) in [7, 11) is 0. The summed E-state index contributed by atoms with van der Waals surface area (Å²) in [4.78, 5) is 26.5. The largest absolute Gasteiger partial charge is 0.480 e. The van der Waals surface area contributed by atoms with Crippen LogP contribution in [0.4, 0.5) is 5.69 Å². The van der Waals surface area contributed by atoms with Gasteiger partial charge in [-0.05, 0) is 29.2 Å². The second-order valence-corrected chi connectivity index (χ2v) is 7.88. The molecule has 0 aliphatic carbocycles. The van der Waals surface area contributed by atoms with Crippen molar-refractivity contribution in [1.29, 1.82) is 0 Å². The molecule has 158 valence electrons. The molecule has 1 amide bonds. The van der Waals surface area contributed by atoms with Gasteiger partial charge in [0.15, 0.2) is 0 Å². The Balaban J connectivity index is 1.47. The van der Waals surface area contributed by atoms with Crippen LogP contribution in [0.2, 0.25) is 0 Å². The van der Waals surface area contributed by atoms with Crippen molar-refractivity contribution in [3.63, 3.8) is 0 Å². The highest BCUT2D eigenvalue weighted by atomic mass is 16.4. The number of carbonyl (C=O) groups excluding carboxylic acids is 1. The Bertz CT molecular complexity index is 1040. The van der Waals surface area contributed by atoms with Crippen molar-refractivity contribution in [2.75, 3.05) is 18.0 Å². The third-order valence-electron chi connectivity index (χ3n) is 5.79. The number of fused-ring (bicyclic) bond motifs is 1. The molecule has 0 saturated heterocycles. The van der Waals surface area contributed by atoms with E-state index in [1.54, 1.807) is 0 Å². The number of carboxylic acid groups (broad SMARTS) is 1. The van der Waals surface area contributed by atoms with E-state index in [2.05, 4.69) is 35.6 Å². The maximum Gasteiger partial charge on any atom is 0.326 e. The Labute approximate surface area is 182 Å². The smallest absolute Gasteiger partial charge is 0.326 e. The van der Waals surface area contributed by atoms with Crippen molar-refractivity contribution >= 4 is 17.6 Å². The SMILES string of the molecule is O=C(CN1CCC(c2ccccc2)c2ccccc21)N[C@@H](Cc1ccccc1)C(=O)O. The molecule has 1 aliphatic rings. The minimum atomic E-state index is -1.03. The number of carbonyl (C=O) groups is 2. The van der Waals surface area contributed by atoms with Crippen LogP contribution in [0.1, 0.15) is 29.0 Å². The molecule has 1 aliphatic heterocycles. The van der Waals surface area contributed by atoms with Gasteiger partial charge in [-0.1, -0.05) is 78.9 Å². The number of para-hydroxylation sites is 1. The van der Waals surface area contributed by atoms with Crippen LogP contribution in [0, 0.1) is 0 Å². The normalized spacial score (nSPS) is 16.3. The van der Waals surface area contributed by atoms with Gasteiger partial charge in [0, 0.05) is 24.6 Å². The number of nitrogens with one attached hydrogen (secondary N) is 1. The van der Waals surface area contributed by atoms with Gasteiger partial charge in [0.05, 0.1) is 6.54 Å². The third-order valence-corrected chi connectivity index (χ3v) is 5.79. The molecule has 1 unspecified atom stereocenters. The lowest BCUT2D eigenvalue weighted by atomic mass is 9.84. The standard InChI is InChI=1S/C26H26N2O3/c29-25(27-23(26(30)31)17-19-9-3-1-4-10-19)18-28-16-15-21(20-11-5-2-6-12-20)22-13-7-8-14-24(22)28/h1-14,21,23H,15-18H2,(H,27,29)(H,30,31)/t21?,23-/m0/s1. The summed E-state index contributed by atoms with van der Waals surface area (Å²) in [5.41, 5.74) is 4.39. The van der Waals surface area contributed by atoms with E-state index in [-0.39, 0.29) is 18.9 Å². The van der Waals surface area contributed by atoms with E-state index in [0.717, 1.165) is 24.2 Å². The highest BCUT2D eigenvalue weighted by Crippen LogP contribution is 2.38. The molecule has 0 bridgehead atoms. The first-order valence-electron chi connectivity index (χ1n) is 10.6. The fraction of sp³-hybridized carbons (Fsp3) is 0.231. The van der Waals surface area contributed by atoms with Gasteiger partial charge in [0.1, 0.15) is 6.04 Å². The van der Waals surface area contributed by atoms with Crippen molar-refractivity contribution < 1.29 is 14.7 Å². The molecule has 0 aromatic heterocycles. The molecule has 1 heterocycles. The van der Waals surface area contributed by atoms with Crippen LogP contribution in [0.3, 0.4) is 0 Å². The maximum absolute atomic E-state index is 12.8. The molecule has 2 N–H and O–H groups in total. The summed E-state index contributed by atoms with van der Waals surface area (Å²) in [6.07, 6.45) is 1.16. The van der Waals surface area contributed by atoms with Crippen LogP contribution >= 0.6 is 0 Å². The van der Waals surface area contributed by atoms with E-state index >= 15 is 0 Å². The van der Waals surface area contributed by atoms with Crippen LogP contribution in [0.25, 0.3) is 0 Å². The Morgan fingerprint density at radius 2 is 1.58 bits per heavy atom. The third kappa shape index (κ3) is 4.94. The fourth-order valence-corrected chi connectivity index (χ4v) is 4.29. The number of amides is 1. The summed E-state index contributed by atoms with van der Waals surface area (Å²) in [6.45, 7) is 0.873. The van der Waals surface area contributed by atoms with Gasteiger partial charge in [-0.2, -0.15) is 0 Å². The minimum Gasteiger partial charge on any atom is -0.480 e. The number of anilines is 1. The van der Waals surface area contributed by atoms with Crippen LogP contribution < -0.4 is 10.2 Å². The summed E-state index contributed by atoms with van der Waals surface area (Å²) in [6, 6.07) is 27.0. The number of hydrogen-bond acceptors (Lipinski definition) is 3. The number of nitrogens with zero attached hydrogens (tertiary/aromatic N) is 1. The van der Waals surface area contributed by atoms with Crippen LogP contribution in [-0.4, -0.2) is 36.1 Å². The summed E-state index contributed by atoms with van der Waals surface area (Å²) < 4.78 is 0. The molecule has 0 spiro atoms. The van der Waals surface area contributed by atoms with E-state index < -0.39 is 12.0 Å². The van der Waals surface area contributed by atoms with Crippen LogP contribution in [-0.2, 0) is 16.0 Å². The summed E-state index contributed by atoms with van der Waals surface area (Å²) >= 11 is 0. The Morgan fingerprint density at radius 3 is 2.29 bits per heavy atom. The Kier molecular flexibility index (Phi) is 6.32. The predicted molar refractivity (Wildman–Crippen MR) is 121 cm³/mol. The molecule has 5 heteroatoms. The van der Waals surface area contributed by atoms with Gasteiger partial charge in [-0.25, -0.2) is 4.79 Å². The number of benzene rings is 3. The molecule has 0 fully saturated rings. The minimum absolute atomic E-state index is 0.136. The zero-order chi connectivity index (χ0) is 21.6. The van der Waals surface area contributed by atoms with Gasteiger partial charge < -0.3 is 15.3 Å². The van der Waals surface area contributed by atoms with Crippen molar-refractivity contribution in [2.24, 2.45) is 0 Å². The molecule has 3 aromatic rings. The van der Waals surface area contributed by atoms with E-state index in [9.17, 15) is 14.7 Å². The highest BCUT2D eigenvalue weighted by Gasteiger charge is 2.28. The van der Waals surface area contributed by atoms with E-state index in [1.165, 1.54) is 11.1 Å². The van der Waals surface area contributed by atoms with Gasteiger partial charge in [-0.3, -0.25) is 4.79 Å². The molecule has 2 atom stereocenters. The first-order valence-corrected chi connectivity index (χ1v) is 10.6. The topological polar surface area (TPSA) is 69.6 Å². The molecule has 0 radical (unpaired) electrons. The molecule has 3 aromatic carbocycles. The van der Waals surface area contributed by atoms with Crippen LogP contribution in [0.15, 0.2) is 84.9 Å². The summed E-state index contributed by atoms with van der Waals surface area (Å²) in [5, 5.41) is 12.3. The van der Waals surface area contributed by atoms with Gasteiger partial charge in [-0.15, -0.1) is 0 Å². The molecule has 0 saturated carbocycles. The first-order chi connectivity index (χ1) is 15.1. The maximum atomic E-state index is 12.8. The zero-order valence-corrected chi connectivity index (χ0v) is 17.3. The highest BCUT2D eigenvalue weighted by molar-refractivity contribution is 5.87. The average Bonchev–Trinajstić information content (AvgIpc) is 2.80. The second-order valence-electron chi connectivity index (χ2n) is 7.88. The fourth-order valence-electron chi connectivity index (χ4n) is 4.29. The van der Waals surface area contributed by atoms with Crippen LogP contribution in [0.5, 0.6) is 0 Å². The Hall–Kier alpha value is -3.60. The quantitative estimate of drug-likeness (QED) is 0.616. The number of hydrogen-bond donors (Lipinski definition) is 2. The van der Waals surface area contributed by atoms with Gasteiger partial charge >= 0.3 is 5.97 Å². The first kappa shape index (κ1) is 20.7. The lowest BCUT2D eigenvalue weighted by Gasteiger charge is -2.35. The molecule has 31 heavy (non-hydrogen) atoms. The molecular weight excluding hydrogens is 388 g/mol. The number of rotatable bonds is 7. The second kappa shape index (κ2) is 9.47.